The number of halogens is 2. The van der Waals surface area contributed by atoms with Crippen LogP contribution in [0.25, 0.3) is 0 Å². The summed E-state index contributed by atoms with van der Waals surface area (Å²) in [5, 5.41) is 10.9. The number of hydrogen-bond acceptors (Lipinski definition) is 15. The topological polar surface area (TPSA) is 174 Å². The van der Waals surface area contributed by atoms with Gasteiger partial charge in [-0.1, -0.05) is 109 Å². The Balaban J connectivity index is 0.000000586. The maximum Gasteiger partial charge on any atom is 0.333 e. The van der Waals surface area contributed by atoms with E-state index in [1.165, 1.54) is 6.42 Å². The highest BCUT2D eigenvalue weighted by atomic mass is 35.5. The molecule has 0 aromatic heterocycles. The van der Waals surface area contributed by atoms with Crippen LogP contribution in [0.3, 0.4) is 0 Å². The zero-order valence-electron chi connectivity index (χ0n) is 79.6. The van der Waals surface area contributed by atoms with Crippen molar-refractivity contribution < 1.29 is 47.7 Å². The van der Waals surface area contributed by atoms with Crippen LogP contribution in [0.5, 0.6) is 0 Å². The lowest BCUT2D eigenvalue weighted by Gasteiger charge is -2.51. The van der Waals surface area contributed by atoms with Gasteiger partial charge in [-0.25, -0.2) is 13.6 Å². The molecule has 0 bridgehead atoms. The summed E-state index contributed by atoms with van der Waals surface area (Å²) in [5.41, 5.74) is -3.37. The van der Waals surface area contributed by atoms with Crippen molar-refractivity contribution in [2.24, 2.45) is 80.8 Å². The Morgan fingerprint density at radius 2 is 0.550 bits per heavy atom. The number of piperidine rings is 5. The molecule has 0 aliphatic carbocycles. The Labute approximate surface area is 693 Å². The van der Waals surface area contributed by atoms with E-state index < -0.39 is 21.7 Å². The van der Waals surface area contributed by atoms with E-state index in [1.54, 1.807) is 6.92 Å². The average molecular weight is 1610 g/mol. The SMILES string of the molecule is C=C(C)C(=O)OC1CC(C)(C)NC(C)(C)C1.CCC(C)C(C)C.CCC(C)C(CC(C)(C)C(=O)OC1CC(C)(C)N(Cl)C(C)(C)C1)C(C)C(C)CC(C)(C)C(=O)OC1CC(C)(C)N(Cl)C(C)(C)C1.CCC(C)C(CC(C)(C)C(=O)OC1CC(C)(C)NC(C)(C)C1)C(C)C(C)CC(C)(C)C(=O)OC1CC(C)(C)NC(C)(C)C1. The molecule has 5 fully saturated rings. The summed E-state index contributed by atoms with van der Waals surface area (Å²) in [6, 6.07) is 0. The van der Waals surface area contributed by atoms with Crippen LogP contribution in [-0.2, 0) is 47.7 Å². The number of carbonyl (C=O) groups is 5. The summed E-state index contributed by atoms with van der Waals surface area (Å²) in [4.78, 5) is 66.1. The third-order valence-electron chi connectivity index (χ3n) is 26.3. The number of carbonyl (C=O) groups excluding carboxylic acids is 5. The van der Waals surface area contributed by atoms with Crippen molar-refractivity contribution in [2.75, 3.05) is 0 Å². The number of esters is 5. The molecule has 0 saturated carbocycles. The Morgan fingerprint density at radius 1 is 0.351 bits per heavy atom. The second-order valence-corrected chi connectivity index (χ2v) is 46.9. The van der Waals surface area contributed by atoms with E-state index in [0.29, 0.717) is 79.1 Å². The van der Waals surface area contributed by atoms with Crippen LogP contribution in [0, 0.1) is 80.8 Å². The third kappa shape index (κ3) is 32.6. The van der Waals surface area contributed by atoms with E-state index in [4.69, 9.17) is 47.2 Å². The second-order valence-electron chi connectivity index (χ2n) is 46.2. The first-order chi connectivity index (χ1) is 49.6. The van der Waals surface area contributed by atoms with Gasteiger partial charge in [-0.2, -0.15) is 0 Å². The molecular weight excluding hydrogens is 1430 g/mol. The van der Waals surface area contributed by atoms with Gasteiger partial charge in [0.15, 0.2) is 0 Å². The lowest BCUT2D eigenvalue weighted by Crippen LogP contribution is -2.60. The Kier molecular flexibility index (Phi) is 37.3. The predicted octanol–water partition coefficient (Wildman–Crippen LogP) is 23.8. The van der Waals surface area contributed by atoms with Crippen molar-refractivity contribution in [1.29, 1.82) is 0 Å². The summed E-state index contributed by atoms with van der Waals surface area (Å²) in [7, 11) is 0. The monoisotopic (exact) mass is 1610 g/mol. The van der Waals surface area contributed by atoms with Crippen molar-refractivity contribution in [3.63, 3.8) is 0 Å². The average Bonchev–Trinajstić information content (AvgIpc) is 0.835. The number of ether oxygens (including phenoxy) is 5. The standard InChI is InChI=1S/C37H68Cl2N2O4.C37H70N2O4.C13H23NO2.C7H16/c1-17-24(2)29(23-33(7,8)31(43)45-28-21-36(13,14)41(39)37(15,16)22-28)26(4)25(3)18-32(5,6)30(42)44-27-19-34(9,10)40(38)35(11,12)20-27;1-17-24(2)29(23-33(7,8)31(41)43-28-21-36(13,14)39-37(15,16)22-28)26(4)25(3)18-32(5,6)30(40)42-27-19-34(9,10)38-35(11,12)20-27;1-9(2)11(15)16-10-7-12(3,4)14-13(5,6)8-10;1-5-7(4)6(2)3/h24-29H,17-23H2,1-16H3;24-29,38-39H,17-23H2,1-16H3;10,14H,1,7-8H2,2-6H3;6-7H,5H2,1-4H3. The van der Waals surface area contributed by atoms with E-state index in [-0.39, 0.29) is 122 Å². The molecular formula is C94H177Cl2N5O10. The first-order valence-electron chi connectivity index (χ1n) is 43.6. The molecule has 652 valence electrons. The Morgan fingerprint density at radius 3 is 0.739 bits per heavy atom. The highest BCUT2D eigenvalue weighted by Crippen LogP contribution is 2.49. The molecule has 5 aliphatic heterocycles. The van der Waals surface area contributed by atoms with Gasteiger partial charge in [0.1, 0.15) is 30.5 Å². The normalized spacial score (nSPS) is 24.6. The maximum absolute atomic E-state index is 13.8. The summed E-state index contributed by atoms with van der Waals surface area (Å²) < 4.78 is 34.1. The maximum atomic E-state index is 13.8. The van der Waals surface area contributed by atoms with Crippen LogP contribution < -0.4 is 16.0 Å². The second kappa shape index (κ2) is 39.6. The predicted molar refractivity (Wildman–Crippen MR) is 466 cm³/mol. The first-order valence-corrected chi connectivity index (χ1v) is 44.3. The van der Waals surface area contributed by atoms with Gasteiger partial charge in [0.25, 0.3) is 0 Å². The molecule has 5 heterocycles. The molecule has 0 spiro atoms. The van der Waals surface area contributed by atoms with Gasteiger partial charge >= 0.3 is 29.8 Å². The minimum absolute atomic E-state index is 0.00176. The van der Waals surface area contributed by atoms with Crippen molar-refractivity contribution in [1.82, 2.24) is 24.8 Å². The van der Waals surface area contributed by atoms with Crippen LogP contribution in [-0.4, -0.2) is 125 Å². The molecule has 9 unspecified atom stereocenters. The third-order valence-corrected chi connectivity index (χ3v) is 28.1. The zero-order valence-corrected chi connectivity index (χ0v) is 81.1. The number of nitrogens with one attached hydrogen (secondary N) is 3. The van der Waals surface area contributed by atoms with Gasteiger partial charge < -0.3 is 39.6 Å². The van der Waals surface area contributed by atoms with Gasteiger partial charge in [-0.3, -0.25) is 19.2 Å². The van der Waals surface area contributed by atoms with Gasteiger partial charge in [0.2, 0.25) is 0 Å². The van der Waals surface area contributed by atoms with Gasteiger partial charge in [0, 0.05) is 125 Å². The molecule has 5 rings (SSSR count). The molecule has 17 heteroatoms. The fourth-order valence-electron chi connectivity index (χ4n) is 20.2. The van der Waals surface area contributed by atoms with Gasteiger partial charge in [0.05, 0.1) is 21.7 Å². The minimum atomic E-state index is -0.639. The highest BCUT2D eigenvalue weighted by molar-refractivity contribution is 6.14. The van der Waals surface area contributed by atoms with E-state index in [1.807, 2.05) is 50.4 Å². The molecule has 3 N–H and O–H groups in total. The van der Waals surface area contributed by atoms with Crippen LogP contribution in [0.15, 0.2) is 12.2 Å². The smallest absolute Gasteiger partial charge is 0.333 e. The molecule has 0 amide bonds. The molecule has 9 atom stereocenters. The Hall–Kier alpha value is -2.53. The van der Waals surface area contributed by atoms with E-state index in [2.05, 4.69) is 258 Å². The molecule has 15 nitrogen and oxygen atoms in total. The molecule has 111 heavy (non-hydrogen) atoms. The van der Waals surface area contributed by atoms with Crippen LogP contribution in [0.4, 0.5) is 0 Å². The van der Waals surface area contributed by atoms with Crippen LogP contribution >= 0.6 is 23.6 Å². The largest absolute Gasteiger partial charge is 0.462 e. The summed E-state index contributed by atoms with van der Waals surface area (Å²) in [5.74, 6) is 3.73. The summed E-state index contributed by atoms with van der Waals surface area (Å²) >= 11 is 13.3. The fourth-order valence-corrected chi connectivity index (χ4v) is 20.4. The molecule has 5 saturated heterocycles. The zero-order chi connectivity index (χ0) is 87.0. The van der Waals surface area contributed by atoms with Crippen LogP contribution in [0.2, 0.25) is 0 Å². The number of rotatable bonds is 28. The molecule has 5 aliphatic rings. The Bertz CT molecular complexity index is 2910. The van der Waals surface area contributed by atoms with Crippen molar-refractivity contribution in [3.05, 3.63) is 12.2 Å². The first kappa shape index (κ1) is 105. The van der Waals surface area contributed by atoms with E-state index in [9.17, 15) is 24.0 Å². The van der Waals surface area contributed by atoms with Crippen LogP contribution in [0.1, 0.15) is 393 Å². The lowest BCUT2D eigenvalue weighted by molar-refractivity contribution is -0.169. The van der Waals surface area contributed by atoms with Crippen molar-refractivity contribution in [3.8, 4) is 0 Å². The van der Waals surface area contributed by atoms with Gasteiger partial charge in [-0.15, -0.1) is 0 Å². The quantitative estimate of drug-likeness (QED) is 0.0292. The fraction of sp³-hybridized carbons (Fsp3) is 0.926. The molecule has 0 aromatic rings. The van der Waals surface area contributed by atoms with E-state index >= 15 is 0 Å². The van der Waals surface area contributed by atoms with Crippen molar-refractivity contribution in [2.45, 2.75) is 479 Å². The summed E-state index contributed by atoms with van der Waals surface area (Å²) in [6.07, 6.45) is 13.6. The minimum Gasteiger partial charge on any atom is -0.462 e. The van der Waals surface area contributed by atoms with Gasteiger partial charge in [-0.05, 0) is 309 Å². The summed E-state index contributed by atoms with van der Waals surface area (Å²) in [6.45, 7) is 91.7. The lowest BCUT2D eigenvalue weighted by atomic mass is 9.66. The van der Waals surface area contributed by atoms with Crippen molar-refractivity contribution >= 4 is 53.4 Å². The number of nitrogens with zero attached hydrogens (tertiary/aromatic N) is 2. The molecule has 0 aromatic carbocycles. The van der Waals surface area contributed by atoms with E-state index in [0.717, 1.165) is 82.5 Å². The highest BCUT2D eigenvalue weighted by Gasteiger charge is 2.52. The number of hydrogen-bond donors (Lipinski definition) is 3. The molecule has 0 radical (unpaired) electrons.